The molecule has 0 atom stereocenters. The molecule has 1 N–H and O–H groups in total. The van der Waals surface area contributed by atoms with Crippen molar-refractivity contribution >= 4 is 39.7 Å². The molecular weight excluding hydrogens is 433 g/mol. The van der Waals surface area contributed by atoms with E-state index in [1.807, 2.05) is 18.2 Å². The Kier molecular flexibility index (Phi) is 6.96. The maximum absolute atomic E-state index is 13.4. The number of benzene rings is 2. The fourth-order valence-corrected chi connectivity index (χ4v) is 5.54. The number of halogens is 2. The van der Waals surface area contributed by atoms with Gasteiger partial charge in [-0.25, -0.2) is 8.42 Å². The predicted octanol–water partition coefficient (Wildman–Crippen LogP) is 2.93. The van der Waals surface area contributed by atoms with Crippen LogP contribution in [0.4, 0.5) is 5.69 Å². The summed E-state index contributed by atoms with van der Waals surface area (Å²) in [5.41, 5.74) is 2.84. The summed E-state index contributed by atoms with van der Waals surface area (Å²) in [6.07, 6.45) is 0.663. The van der Waals surface area contributed by atoms with E-state index in [0.29, 0.717) is 30.3 Å². The Balaban J connectivity index is 0.00000240. The zero-order chi connectivity index (χ0) is 19.7. The van der Waals surface area contributed by atoms with Crippen molar-refractivity contribution in [3.05, 3.63) is 52.5 Å². The molecule has 6 nitrogen and oxygen atoms in total. The third kappa shape index (κ3) is 4.34. The second-order valence-corrected chi connectivity index (χ2v) is 9.38. The predicted molar refractivity (Wildman–Crippen MR) is 118 cm³/mol. The Morgan fingerprint density at radius 1 is 1.10 bits per heavy atom. The van der Waals surface area contributed by atoms with Gasteiger partial charge in [0, 0.05) is 44.3 Å². The van der Waals surface area contributed by atoms with Crippen molar-refractivity contribution < 1.29 is 13.2 Å². The van der Waals surface area contributed by atoms with Gasteiger partial charge in [-0.1, -0.05) is 23.7 Å². The first-order valence-corrected chi connectivity index (χ1v) is 11.2. The lowest BCUT2D eigenvalue weighted by Gasteiger charge is -2.32. The molecule has 9 heteroatoms. The Bertz CT molecular complexity index is 979. The van der Waals surface area contributed by atoms with Crippen LogP contribution in [-0.4, -0.2) is 52.6 Å². The van der Waals surface area contributed by atoms with Gasteiger partial charge >= 0.3 is 0 Å². The van der Waals surface area contributed by atoms with E-state index in [1.165, 1.54) is 4.31 Å². The summed E-state index contributed by atoms with van der Waals surface area (Å²) in [5.74, 6) is 0.688. The van der Waals surface area contributed by atoms with Gasteiger partial charge in [-0.3, -0.25) is 0 Å². The average Bonchev–Trinajstić information content (AvgIpc) is 2.74. The van der Waals surface area contributed by atoms with Crippen LogP contribution in [0.1, 0.15) is 11.1 Å². The number of nitrogens with zero attached hydrogens (tertiary/aromatic N) is 2. The van der Waals surface area contributed by atoms with Gasteiger partial charge in [-0.15, -0.1) is 12.4 Å². The van der Waals surface area contributed by atoms with Crippen LogP contribution in [0.25, 0.3) is 0 Å². The van der Waals surface area contributed by atoms with Gasteiger partial charge < -0.3 is 15.0 Å². The van der Waals surface area contributed by atoms with Crippen LogP contribution in [0, 0.1) is 0 Å². The second-order valence-electron chi connectivity index (χ2n) is 7.04. The number of piperazine rings is 1. The fraction of sp³-hybridized carbons (Fsp3) is 0.400. The third-order valence-electron chi connectivity index (χ3n) is 5.43. The lowest BCUT2D eigenvalue weighted by molar-refractivity contribution is 0.391. The maximum atomic E-state index is 13.4. The summed E-state index contributed by atoms with van der Waals surface area (Å²) in [6, 6.07) is 10.8. The number of anilines is 1. The standard InChI is InChI=1S/C20H24ClN3O3S.ClH/c1-27-20-6-5-16(13-19(20)23-11-8-22-9-12-23)28(25,26)24-10-7-15-3-2-4-18(21)17(15)14-24;/h2-6,13,22H,7-12,14H2,1H3;1H. The van der Waals surface area contributed by atoms with Gasteiger partial charge in [-0.05, 0) is 41.8 Å². The minimum Gasteiger partial charge on any atom is -0.495 e. The molecule has 2 aromatic rings. The van der Waals surface area contributed by atoms with Crippen molar-refractivity contribution in [1.82, 2.24) is 9.62 Å². The Morgan fingerprint density at radius 3 is 2.59 bits per heavy atom. The third-order valence-corrected chi connectivity index (χ3v) is 7.62. The van der Waals surface area contributed by atoms with E-state index in [4.69, 9.17) is 16.3 Å². The van der Waals surface area contributed by atoms with Crippen molar-refractivity contribution in [3.63, 3.8) is 0 Å². The summed E-state index contributed by atoms with van der Waals surface area (Å²) in [6.45, 7) is 4.10. The molecule has 29 heavy (non-hydrogen) atoms. The molecule has 4 rings (SSSR count). The summed E-state index contributed by atoms with van der Waals surface area (Å²) >= 11 is 6.32. The topological polar surface area (TPSA) is 61.9 Å². The van der Waals surface area contributed by atoms with Crippen molar-refractivity contribution in [2.24, 2.45) is 0 Å². The first kappa shape index (κ1) is 22.2. The van der Waals surface area contributed by atoms with Crippen LogP contribution < -0.4 is 15.0 Å². The number of hydrogen-bond acceptors (Lipinski definition) is 5. The molecular formula is C20H25Cl2N3O3S. The van der Waals surface area contributed by atoms with E-state index < -0.39 is 10.0 Å². The van der Waals surface area contributed by atoms with E-state index in [1.54, 1.807) is 25.3 Å². The van der Waals surface area contributed by atoms with Crippen LogP contribution in [0.15, 0.2) is 41.3 Å². The smallest absolute Gasteiger partial charge is 0.243 e. The zero-order valence-electron chi connectivity index (χ0n) is 16.2. The number of sulfonamides is 1. The molecule has 2 aliphatic heterocycles. The van der Waals surface area contributed by atoms with Crippen molar-refractivity contribution in [1.29, 1.82) is 0 Å². The Morgan fingerprint density at radius 2 is 1.86 bits per heavy atom. The minimum atomic E-state index is -3.63. The fourth-order valence-electron chi connectivity index (χ4n) is 3.85. The first-order valence-electron chi connectivity index (χ1n) is 9.41. The number of hydrogen-bond donors (Lipinski definition) is 1. The number of fused-ring (bicyclic) bond motifs is 1. The number of nitrogens with one attached hydrogen (secondary N) is 1. The first-order chi connectivity index (χ1) is 13.5. The van der Waals surface area contributed by atoms with Gasteiger partial charge in [0.05, 0.1) is 17.7 Å². The van der Waals surface area contributed by atoms with E-state index in [2.05, 4.69) is 10.2 Å². The van der Waals surface area contributed by atoms with Crippen LogP contribution in [0.5, 0.6) is 5.75 Å². The monoisotopic (exact) mass is 457 g/mol. The van der Waals surface area contributed by atoms with Crippen LogP contribution in [0.3, 0.4) is 0 Å². The van der Waals surface area contributed by atoms with E-state index in [0.717, 1.165) is 43.0 Å². The average molecular weight is 458 g/mol. The van der Waals surface area contributed by atoms with Crippen molar-refractivity contribution in [3.8, 4) is 5.75 Å². The molecule has 1 fully saturated rings. The van der Waals surface area contributed by atoms with Gasteiger partial charge in [0.1, 0.15) is 5.75 Å². The lowest BCUT2D eigenvalue weighted by atomic mass is 10.0. The molecule has 0 amide bonds. The molecule has 2 heterocycles. The molecule has 0 unspecified atom stereocenters. The summed E-state index contributed by atoms with van der Waals surface area (Å²) in [5, 5.41) is 3.93. The molecule has 0 bridgehead atoms. The summed E-state index contributed by atoms with van der Waals surface area (Å²) < 4.78 is 33.7. The molecule has 0 aliphatic carbocycles. The van der Waals surface area contributed by atoms with Crippen LogP contribution in [0.2, 0.25) is 5.02 Å². The maximum Gasteiger partial charge on any atom is 0.243 e. The highest BCUT2D eigenvalue weighted by Crippen LogP contribution is 2.34. The highest BCUT2D eigenvalue weighted by atomic mass is 35.5. The Labute approximate surface area is 183 Å². The van der Waals surface area contributed by atoms with E-state index in [-0.39, 0.29) is 17.3 Å². The molecule has 0 radical (unpaired) electrons. The second kappa shape index (κ2) is 9.10. The van der Waals surface area contributed by atoms with Gasteiger partial charge in [0.15, 0.2) is 0 Å². The summed E-state index contributed by atoms with van der Waals surface area (Å²) in [7, 11) is -2.02. The van der Waals surface area contributed by atoms with E-state index >= 15 is 0 Å². The molecule has 158 valence electrons. The molecule has 0 saturated carbocycles. The number of rotatable bonds is 4. The highest BCUT2D eigenvalue weighted by molar-refractivity contribution is 7.89. The molecule has 0 aromatic heterocycles. The Hall–Kier alpha value is -1.51. The van der Waals surface area contributed by atoms with Crippen molar-refractivity contribution in [2.75, 3.05) is 44.7 Å². The molecule has 2 aromatic carbocycles. The summed E-state index contributed by atoms with van der Waals surface area (Å²) in [4.78, 5) is 2.45. The van der Waals surface area contributed by atoms with E-state index in [9.17, 15) is 8.42 Å². The molecule has 1 saturated heterocycles. The number of methoxy groups -OCH3 is 1. The quantitative estimate of drug-likeness (QED) is 0.764. The largest absolute Gasteiger partial charge is 0.495 e. The molecule has 0 spiro atoms. The van der Waals surface area contributed by atoms with Gasteiger partial charge in [-0.2, -0.15) is 4.31 Å². The number of ether oxygens (including phenoxy) is 1. The van der Waals surface area contributed by atoms with Crippen LogP contribution >= 0.6 is 24.0 Å². The SMILES string of the molecule is COc1ccc(S(=O)(=O)N2CCc3cccc(Cl)c3C2)cc1N1CCNCC1.Cl. The highest BCUT2D eigenvalue weighted by Gasteiger charge is 2.30. The zero-order valence-corrected chi connectivity index (χ0v) is 18.6. The van der Waals surface area contributed by atoms with Gasteiger partial charge in [0.2, 0.25) is 10.0 Å². The normalized spacial score (nSPS) is 17.4. The van der Waals surface area contributed by atoms with Gasteiger partial charge in [0.25, 0.3) is 0 Å². The minimum absolute atomic E-state index is 0. The van der Waals surface area contributed by atoms with Crippen LogP contribution in [-0.2, 0) is 23.0 Å². The van der Waals surface area contributed by atoms with Crippen molar-refractivity contribution in [2.45, 2.75) is 17.9 Å². The molecule has 2 aliphatic rings. The lowest BCUT2D eigenvalue weighted by Crippen LogP contribution is -2.43.